The Labute approximate surface area is 179 Å². The van der Waals surface area contributed by atoms with Crippen molar-refractivity contribution in [2.75, 3.05) is 7.11 Å². The smallest absolute Gasteiger partial charge is 0.221 e. The third kappa shape index (κ3) is 4.03. The summed E-state index contributed by atoms with van der Waals surface area (Å²) in [6.45, 7) is 0.471. The van der Waals surface area contributed by atoms with Gasteiger partial charge in [0.2, 0.25) is 5.91 Å². The number of ether oxygens (including phenoxy) is 1. The van der Waals surface area contributed by atoms with Gasteiger partial charge in [0.15, 0.2) is 5.17 Å². The fourth-order valence-corrected chi connectivity index (χ4v) is 5.69. The third-order valence-corrected chi connectivity index (χ3v) is 7.09. The van der Waals surface area contributed by atoms with Crippen LogP contribution in [0.2, 0.25) is 0 Å². The van der Waals surface area contributed by atoms with E-state index in [1.54, 1.807) is 7.11 Å². The first-order valence-corrected chi connectivity index (χ1v) is 10.7. The molecule has 0 spiro atoms. The van der Waals surface area contributed by atoms with Crippen LogP contribution in [-0.4, -0.2) is 56.8 Å². The van der Waals surface area contributed by atoms with Crippen molar-refractivity contribution in [3.63, 3.8) is 0 Å². The number of aliphatic hydroxyl groups is 2. The van der Waals surface area contributed by atoms with Crippen LogP contribution in [0.1, 0.15) is 12.0 Å². The van der Waals surface area contributed by atoms with Crippen molar-refractivity contribution in [3.05, 3.63) is 60.2 Å². The van der Waals surface area contributed by atoms with Gasteiger partial charge in [-0.05, 0) is 36.2 Å². The lowest BCUT2D eigenvalue weighted by Gasteiger charge is -2.41. The van der Waals surface area contributed by atoms with Crippen molar-refractivity contribution in [2.45, 2.75) is 36.5 Å². The number of primary amides is 1. The maximum atomic E-state index is 12.1. The summed E-state index contributed by atoms with van der Waals surface area (Å²) < 4.78 is 5.23. The van der Waals surface area contributed by atoms with Crippen molar-refractivity contribution < 1.29 is 19.7 Å². The summed E-state index contributed by atoms with van der Waals surface area (Å²) in [6.07, 6.45) is -1.86. The summed E-state index contributed by atoms with van der Waals surface area (Å²) in [5, 5.41) is 21.7. The van der Waals surface area contributed by atoms with E-state index >= 15 is 0 Å². The molecule has 1 aliphatic carbocycles. The molecule has 1 amide bonds. The molecule has 0 aromatic heterocycles. The molecule has 2 aromatic rings. The molecule has 7 nitrogen and oxygen atoms in total. The van der Waals surface area contributed by atoms with E-state index in [2.05, 4.69) is 0 Å². The van der Waals surface area contributed by atoms with Crippen LogP contribution in [0.15, 0.2) is 59.6 Å². The molecule has 2 aromatic carbocycles. The van der Waals surface area contributed by atoms with Crippen LogP contribution in [0.5, 0.6) is 5.75 Å². The van der Waals surface area contributed by atoms with Gasteiger partial charge in [-0.25, -0.2) is 4.99 Å². The number of hydrogen-bond donors (Lipinski definition) is 3. The molecule has 5 unspecified atom stereocenters. The van der Waals surface area contributed by atoms with Gasteiger partial charge >= 0.3 is 0 Å². The standard InChI is InChI=1S/C22H25N3O4S/c1-29-15-9-7-13(8-10-15)12-25-18-19(27)17(26)11-16(21(23)28)20(18)30-22(25)24-14-5-3-2-4-6-14/h2-10,16-20,26-27H,11-12H2,1H3,(H2,23,28). The zero-order valence-electron chi connectivity index (χ0n) is 16.6. The minimum Gasteiger partial charge on any atom is -0.497 e. The number of nitrogens with two attached hydrogens (primary N) is 1. The molecule has 5 atom stereocenters. The lowest BCUT2D eigenvalue weighted by molar-refractivity contribution is -0.128. The lowest BCUT2D eigenvalue weighted by Crippen LogP contribution is -2.58. The number of amidine groups is 1. The number of para-hydroxylation sites is 1. The predicted molar refractivity (Wildman–Crippen MR) is 117 cm³/mol. The molecule has 0 bridgehead atoms. The van der Waals surface area contributed by atoms with Gasteiger partial charge in [-0.2, -0.15) is 0 Å². The number of fused-ring (bicyclic) bond motifs is 1. The van der Waals surface area contributed by atoms with Crippen molar-refractivity contribution in [1.82, 2.24) is 4.90 Å². The van der Waals surface area contributed by atoms with Gasteiger partial charge in [0.25, 0.3) is 0 Å². The number of amides is 1. The van der Waals surface area contributed by atoms with Gasteiger partial charge < -0.3 is 25.6 Å². The number of carbonyl (C=O) groups is 1. The van der Waals surface area contributed by atoms with Crippen LogP contribution in [0.3, 0.4) is 0 Å². The minimum absolute atomic E-state index is 0.152. The van der Waals surface area contributed by atoms with E-state index in [1.807, 2.05) is 59.5 Å². The number of aliphatic imine (C=N–C) groups is 1. The second kappa shape index (κ2) is 8.67. The molecule has 8 heteroatoms. The number of carbonyl (C=O) groups excluding carboxylic acids is 1. The van der Waals surface area contributed by atoms with Gasteiger partial charge in [-0.15, -0.1) is 0 Å². The quantitative estimate of drug-likeness (QED) is 0.673. The Hall–Kier alpha value is -2.55. The molecule has 4 rings (SSSR count). The molecule has 1 saturated carbocycles. The summed E-state index contributed by atoms with van der Waals surface area (Å²) in [7, 11) is 1.62. The average Bonchev–Trinajstić information content (AvgIpc) is 3.09. The Morgan fingerprint density at radius 2 is 1.90 bits per heavy atom. The highest BCUT2D eigenvalue weighted by molar-refractivity contribution is 8.14. The number of thioether (sulfide) groups is 1. The number of methoxy groups -OCH3 is 1. The Kier molecular flexibility index (Phi) is 5.99. The molecular formula is C22H25N3O4S. The Morgan fingerprint density at radius 3 is 2.53 bits per heavy atom. The Balaban J connectivity index is 1.72. The van der Waals surface area contributed by atoms with Crippen LogP contribution in [-0.2, 0) is 11.3 Å². The predicted octanol–water partition coefficient (Wildman–Crippen LogP) is 1.90. The summed E-state index contributed by atoms with van der Waals surface area (Å²) in [5.41, 5.74) is 7.42. The second-order valence-electron chi connectivity index (χ2n) is 7.58. The summed E-state index contributed by atoms with van der Waals surface area (Å²) in [4.78, 5) is 18.9. The highest BCUT2D eigenvalue weighted by Gasteiger charge is 2.54. The Bertz CT molecular complexity index is 922. The van der Waals surface area contributed by atoms with Crippen LogP contribution in [0.25, 0.3) is 0 Å². The van der Waals surface area contributed by atoms with Crippen LogP contribution in [0.4, 0.5) is 5.69 Å². The molecule has 2 fully saturated rings. The lowest BCUT2D eigenvalue weighted by atomic mass is 9.80. The monoisotopic (exact) mass is 427 g/mol. The number of hydrogen-bond acceptors (Lipinski definition) is 6. The SMILES string of the molecule is COc1ccc(CN2C(=Nc3ccccc3)SC3C(C(N)=O)CC(O)C(O)C32)cc1. The van der Waals surface area contributed by atoms with E-state index in [9.17, 15) is 15.0 Å². The largest absolute Gasteiger partial charge is 0.497 e. The van der Waals surface area contributed by atoms with E-state index < -0.39 is 30.1 Å². The maximum Gasteiger partial charge on any atom is 0.221 e. The second-order valence-corrected chi connectivity index (χ2v) is 8.73. The molecule has 1 aliphatic heterocycles. The van der Waals surface area contributed by atoms with E-state index in [1.165, 1.54) is 11.8 Å². The number of aliphatic hydroxyl groups excluding tert-OH is 2. The van der Waals surface area contributed by atoms with Crippen molar-refractivity contribution in [3.8, 4) is 5.75 Å². The first-order valence-electron chi connectivity index (χ1n) is 9.83. The van der Waals surface area contributed by atoms with Gasteiger partial charge in [0.1, 0.15) is 11.9 Å². The normalized spacial score (nSPS) is 29.6. The molecule has 1 saturated heterocycles. The van der Waals surface area contributed by atoms with Crippen molar-refractivity contribution in [2.24, 2.45) is 16.6 Å². The first kappa shape index (κ1) is 20.7. The molecule has 4 N–H and O–H groups in total. The van der Waals surface area contributed by atoms with Crippen LogP contribution < -0.4 is 10.5 Å². The highest BCUT2D eigenvalue weighted by atomic mass is 32.2. The van der Waals surface area contributed by atoms with Gasteiger partial charge in [0.05, 0.1) is 30.9 Å². The number of rotatable bonds is 5. The topological polar surface area (TPSA) is 108 Å². The van der Waals surface area contributed by atoms with Crippen LogP contribution in [0, 0.1) is 5.92 Å². The molecule has 0 radical (unpaired) electrons. The minimum atomic E-state index is -1.02. The number of nitrogens with zero attached hydrogens (tertiary/aromatic N) is 2. The van der Waals surface area contributed by atoms with E-state index in [0.29, 0.717) is 11.7 Å². The molecule has 1 heterocycles. The fourth-order valence-electron chi connectivity index (χ4n) is 4.11. The van der Waals surface area contributed by atoms with Gasteiger partial charge in [-0.3, -0.25) is 4.79 Å². The zero-order chi connectivity index (χ0) is 21.3. The summed E-state index contributed by atoms with van der Waals surface area (Å²) in [6, 6.07) is 16.7. The summed E-state index contributed by atoms with van der Waals surface area (Å²) in [5.74, 6) is -0.249. The Morgan fingerprint density at radius 1 is 1.20 bits per heavy atom. The highest BCUT2D eigenvalue weighted by Crippen LogP contribution is 2.45. The van der Waals surface area contributed by atoms with Crippen molar-refractivity contribution in [1.29, 1.82) is 0 Å². The van der Waals surface area contributed by atoms with Crippen molar-refractivity contribution >= 4 is 28.5 Å². The first-order chi connectivity index (χ1) is 14.5. The van der Waals surface area contributed by atoms with E-state index in [-0.39, 0.29) is 11.7 Å². The van der Waals surface area contributed by atoms with E-state index in [4.69, 9.17) is 15.5 Å². The van der Waals surface area contributed by atoms with E-state index in [0.717, 1.165) is 17.0 Å². The number of benzene rings is 2. The molecule has 158 valence electrons. The zero-order valence-corrected chi connectivity index (χ0v) is 17.4. The third-order valence-electron chi connectivity index (χ3n) is 5.68. The molecule has 2 aliphatic rings. The van der Waals surface area contributed by atoms with Gasteiger partial charge in [0, 0.05) is 11.8 Å². The summed E-state index contributed by atoms with van der Waals surface area (Å²) >= 11 is 1.45. The molecule has 30 heavy (non-hydrogen) atoms. The maximum absolute atomic E-state index is 12.1. The fraction of sp³-hybridized carbons (Fsp3) is 0.364. The van der Waals surface area contributed by atoms with Crippen LogP contribution >= 0.6 is 11.8 Å². The van der Waals surface area contributed by atoms with Gasteiger partial charge in [-0.1, -0.05) is 42.1 Å². The average molecular weight is 428 g/mol. The molecular weight excluding hydrogens is 402 g/mol.